The molecule has 3 rings (SSSR count). The van der Waals surface area contributed by atoms with Crippen molar-refractivity contribution in [2.75, 3.05) is 0 Å². The van der Waals surface area contributed by atoms with Gasteiger partial charge in [0, 0.05) is 18.4 Å². The molecular weight excluding hydrogens is 388 g/mol. The highest BCUT2D eigenvalue weighted by Crippen LogP contribution is 2.38. The second kappa shape index (κ2) is 8.64. The maximum atomic E-state index is 12.7. The van der Waals surface area contributed by atoms with E-state index in [0.717, 1.165) is 12.0 Å². The topological polar surface area (TPSA) is 147 Å². The van der Waals surface area contributed by atoms with Crippen LogP contribution < -0.4 is 21.7 Å². The van der Waals surface area contributed by atoms with E-state index in [1.165, 1.54) is 0 Å². The van der Waals surface area contributed by atoms with Crippen LogP contribution in [-0.2, 0) is 9.59 Å². The summed E-state index contributed by atoms with van der Waals surface area (Å²) in [5.41, 5.74) is 6.77. The van der Waals surface area contributed by atoms with Crippen LogP contribution in [0.4, 0.5) is 4.79 Å². The lowest BCUT2D eigenvalue weighted by Crippen LogP contribution is -2.52. The first-order chi connectivity index (χ1) is 14.2. The highest BCUT2D eigenvalue weighted by molar-refractivity contribution is 6.21. The molecule has 0 aliphatic carbocycles. The fraction of sp³-hybridized carbons (Fsp3) is 0.476. The predicted octanol–water partition coefficient (Wildman–Crippen LogP) is 1.18. The van der Waals surface area contributed by atoms with Gasteiger partial charge < -0.3 is 11.1 Å². The van der Waals surface area contributed by atoms with Crippen LogP contribution in [0.5, 0.6) is 0 Å². The van der Waals surface area contributed by atoms with Gasteiger partial charge in [0.2, 0.25) is 11.8 Å². The molecule has 9 nitrogen and oxygen atoms in total. The Hall–Kier alpha value is -3.23. The lowest BCUT2D eigenvalue weighted by molar-refractivity contribution is -0.138. The number of hydrogen-bond donors (Lipinski definition) is 4. The zero-order valence-electron chi connectivity index (χ0n) is 17.0. The van der Waals surface area contributed by atoms with Crippen molar-refractivity contribution in [1.82, 2.24) is 16.0 Å². The molecule has 2 aliphatic rings. The van der Waals surface area contributed by atoms with E-state index in [2.05, 4.69) is 16.0 Å². The molecule has 0 radical (unpaired) electrons. The average molecular weight is 414 g/mol. The van der Waals surface area contributed by atoms with Gasteiger partial charge in [0.05, 0.1) is 11.1 Å². The molecular formula is C21H26N4O5. The number of rotatable bonds is 7. The van der Waals surface area contributed by atoms with Crippen molar-refractivity contribution in [3.63, 3.8) is 0 Å². The summed E-state index contributed by atoms with van der Waals surface area (Å²) < 4.78 is 0. The van der Waals surface area contributed by atoms with Crippen molar-refractivity contribution in [3.8, 4) is 0 Å². The minimum absolute atomic E-state index is 0.218. The quantitative estimate of drug-likeness (QED) is 0.495. The van der Waals surface area contributed by atoms with Gasteiger partial charge >= 0.3 is 6.03 Å². The zero-order chi connectivity index (χ0) is 22.0. The summed E-state index contributed by atoms with van der Waals surface area (Å²) in [6.45, 7) is 3.88. The first-order valence-electron chi connectivity index (χ1n) is 10.1. The smallest absolute Gasteiger partial charge is 0.312 e. The number of primary amides is 1. The summed E-state index contributed by atoms with van der Waals surface area (Å²) in [4.78, 5) is 59.9. The number of amides is 6. The van der Waals surface area contributed by atoms with Crippen LogP contribution >= 0.6 is 0 Å². The van der Waals surface area contributed by atoms with Crippen LogP contribution in [0, 0.1) is 11.8 Å². The van der Waals surface area contributed by atoms with Crippen LogP contribution in [0.2, 0.25) is 0 Å². The van der Waals surface area contributed by atoms with Crippen molar-refractivity contribution in [2.45, 2.75) is 51.5 Å². The third-order valence-electron chi connectivity index (χ3n) is 6.00. The predicted molar refractivity (Wildman–Crippen MR) is 107 cm³/mol. The summed E-state index contributed by atoms with van der Waals surface area (Å²) >= 11 is 0. The summed E-state index contributed by atoms with van der Waals surface area (Å²) in [6.07, 6.45) is 1.93. The summed E-state index contributed by atoms with van der Waals surface area (Å²) in [6, 6.07) is 3.94. The van der Waals surface area contributed by atoms with E-state index in [9.17, 15) is 24.0 Å². The number of piperidine rings is 1. The van der Waals surface area contributed by atoms with Gasteiger partial charge in [0.25, 0.3) is 11.8 Å². The average Bonchev–Trinajstić information content (AvgIpc) is 2.96. The van der Waals surface area contributed by atoms with Crippen molar-refractivity contribution in [2.24, 2.45) is 17.6 Å². The van der Waals surface area contributed by atoms with Gasteiger partial charge in [-0.1, -0.05) is 26.3 Å². The second-order valence-corrected chi connectivity index (χ2v) is 7.92. The first-order valence-corrected chi connectivity index (χ1v) is 10.1. The Morgan fingerprint density at radius 3 is 2.50 bits per heavy atom. The number of hydrogen-bond acceptors (Lipinski definition) is 5. The van der Waals surface area contributed by atoms with Crippen LogP contribution in [-0.4, -0.2) is 35.7 Å². The minimum atomic E-state index is -0.683. The number of imide groups is 2. The van der Waals surface area contributed by atoms with Crippen molar-refractivity contribution in [3.05, 3.63) is 34.9 Å². The number of nitrogens with two attached hydrogens (primary N) is 1. The van der Waals surface area contributed by atoms with Crippen LogP contribution in [0.1, 0.15) is 71.7 Å². The van der Waals surface area contributed by atoms with Crippen LogP contribution in [0.25, 0.3) is 0 Å². The summed E-state index contributed by atoms with van der Waals surface area (Å²) in [5, 5.41) is 7.43. The van der Waals surface area contributed by atoms with Crippen molar-refractivity contribution in [1.29, 1.82) is 0 Å². The van der Waals surface area contributed by atoms with E-state index in [-0.39, 0.29) is 30.1 Å². The SMILES string of the molecule is CCCC(NC(N)=O)C(C1CCC(=O)NC1=O)C(C)c1ccc2c(c1)C(=O)NC2=O. The standard InChI is InChI=1S/C21H26N4O5/c1-3-4-15(23-21(22)30)17(13-7-8-16(26)24-19(13)28)10(2)11-5-6-12-14(9-11)20(29)25-18(12)27/h5-6,9-10,13,15,17H,3-4,7-8H2,1-2H3,(H3,22,23,30)(H,24,26,28)(H,25,27,29). The Kier molecular flexibility index (Phi) is 6.19. The van der Waals surface area contributed by atoms with Gasteiger partial charge in [-0.2, -0.15) is 0 Å². The Balaban J connectivity index is 2.00. The summed E-state index contributed by atoms with van der Waals surface area (Å²) in [5.74, 6) is -2.70. The molecule has 1 aromatic rings. The van der Waals surface area contributed by atoms with E-state index in [1.807, 2.05) is 13.8 Å². The van der Waals surface area contributed by atoms with Gasteiger partial charge in [0.1, 0.15) is 0 Å². The van der Waals surface area contributed by atoms with Crippen molar-refractivity contribution >= 4 is 29.7 Å². The molecule has 6 amide bonds. The molecule has 2 aliphatic heterocycles. The fourth-order valence-electron chi connectivity index (χ4n) is 4.60. The molecule has 0 bridgehead atoms. The minimum Gasteiger partial charge on any atom is -0.352 e. The third-order valence-corrected chi connectivity index (χ3v) is 6.00. The molecule has 4 atom stereocenters. The maximum Gasteiger partial charge on any atom is 0.312 e. The largest absolute Gasteiger partial charge is 0.352 e. The van der Waals surface area contributed by atoms with Crippen LogP contribution in [0.15, 0.2) is 18.2 Å². The van der Waals surface area contributed by atoms with Gasteiger partial charge in [-0.15, -0.1) is 0 Å². The lowest BCUT2D eigenvalue weighted by atomic mass is 9.70. The molecule has 1 saturated heterocycles. The van der Waals surface area contributed by atoms with Gasteiger partial charge in [0.15, 0.2) is 0 Å². The summed E-state index contributed by atoms with van der Waals surface area (Å²) in [7, 11) is 0. The van der Waals surface area contributed by atoms with Crippen LogP contribution in [0.3, 0.4) is 0 Å². The van der Waals surface area contributed by atoms with E-state index < -0.39 is 29.8 Å². The molecule has 30 heavy (non-hydrogen) atoms. The number of nitrogens with one attached hydrogen (secondary N) is 3. The van der Waals surface area contributed by atoms with Gasteiger partial charge in [-0.05, 0) is 42.4 Å². The normalized spacial score (nSPS) is 21.3. The molecule has 0 spiro atoms. The highest BCUT2D eigenvalue weighted by Gasteiger charge is 2.41. The molecule has 9 heteroatoms. The van der Waals surface area contributed by atoms with Gasteiger partial charge in [-0.25, -0.2) is 4.79 Å². The number of carbonyl (C=O) groups excluding carboxylic acids is 5. The van der Waals surface area contributed by atoms with E-state index in [1.54, 1.807) is 18.2 Å². The van der Waals surface area contributed by atoms with E-state index >= 15 is 0 Å². The zero-order valence-corrected chi connectivity index (χ0v) is 17.0. The Morgan fingerprint density at radius 2 is 1.87 bits per heavy atom. The molecule has 1 aromatic carbocycles. The molecule has 4 unspecified atom stereocenters. The maximum absolute atomic E-state index is 12.7. The Morgan fingerprint density at radius 1 is 1.17 bits per heavy atom. The van der Waals surface area contributed by atoms with E-state index in [0.29, 0.717) is 24.0 Å². The monoisotopic (exact) mass is 414 g/mol. The third kappa shape index (κ3) is 4.19. The van der Waals surface area contributed by atoms with Gasteiger partial charge in [-0.3, -0.25) is 29.8 Å². The highest BCUT2D eigenvalue weighted by atomic mass is 16.2. The molecule has 0 saturated carbocycles. The number of benzene rings is 1. The van der Waals surface area contributed by atoms with Crippen molar-refractivity contribution < 1.29 is 24.0 Å². The molecule has 5 N–H and O–H groups in total. The first kappa shape index (κ1) is 21.5. The molecule has 160 valence electrons. The Labute approximate surface area is 174 Å². The second-order valence-electron chi connectivity index (χ2n) is 7.92. The molecule has 0 aromatic heterocycles. The molecule has 2 heterocycles. The molecule has 1 fully saturated rings. The number of fused-ring (bicyclic) bond motifs is 1. The lowest BCUT2D eigenvalue weighted by Gasteiger charge is -2.39. The Bertz CT molecular complexity index is 913. The fourth-order valence-corrected chi connectivity index (χ4v) is 4.60. The van der Waals surface area contributed by atoms with E-state index in [4.69, 9.17) is 5.73 Å². The number of urea groups is 1. The number of carbonyl (C=O) groups is 5.